The van der Waals surface area contributed by atoms with Crippen LogP contribution in [0.25, 0.3) is 0 Å². The molecule has 0 aromatic rings. The quantitative estimate of drug-likeness (QED) is 0.213. The predicted molar refractivity (Wildman–Crippen MR) is 184 cm³/mol. The number of ketones is 1. The zero-order valence-corrected chi connectivity index (χ0v) is 33.0. The summed E-state index contributed by atoms with van der Waals surface area (Å²) in [5.41, 5.74) is -8.30. The summed E-state index contributed by atoms with van der Waals surface area (Å²) in [6.45, 7) is 16.1. The first-order valence-corrected chi connectivity index (χ1v) is 18.0. The Bertz CT molecular complexity index is 1560. The van der Waals surface area contributed by atoms with Gasteiger partial charge < -0.3 is 38.3 Å². The fraction of sp³-hybridized carbons (Fsp3) is 0.737. The molecule has 0 bridgehead atoms. The van der Waals surface area contributed by atoms with E-state index in [0.29, 0.717) is 0 Å². The molecule has 16 nitrogen and oxygen atoms in total. The number of carbonyl (C=O) groups excluding carboxylic acids is 8. The lowest BCUT2D eigenvalue weighted by atomic mass is 9.66. The van der Waals surface area contributed by atoms with E-state index >= 15 is 0 Å². The van der Waals surface area contributed by atoms with Gasteiger partial charge in [0.1, 0.15) is 11.7 Å². The molecule has 0 unspecified atom stereocenters. The molecular weight excluding hydrogens is 712 g/mol. The summed E-state index contributed by atoms with van der Waals surface area (Å²) in [6.07, 6.45) is -8.14. The van der Waals surface area contributed by atoms with Crippen LogP contribution in [0.15, 0.2) is 12.2 Å². The molecule has 1 saturated heterocycles. The van der Waals surface area contributed by atoms with Gasteiger partial charge in [-0.1, -0.05) is 60.6 Å². The number of aliphatic hydroxyl groups excluding tert-OH is 1. The van der Waals surface area contributed by atoms with Crippen molar-refractivity contribution in [1.29, 1.82) is 0 Å². The van der Waals surface area contributed by atoms with E-state index < -0.39 is 143 Å². The van der Waals surface area contributed by atoms with Crippen LogP contribution in [0.1, 0.15) is 102 Å². The number of hydrogen-bond donors (Lipinski definition) is 1. The third-order valence-corrected chi connectivity index (χ3v) is 10.1. The summed E-state index contributed by atoms with van der Waals surface area (Å²) in [6, 6.07) is 0. The third kappa shape index (κ3) is 8.79. The molecule has 1 saturated carbocycles. The molecule has 1 aliphatic heterocycles. The van der Waals surface area contributed by atoms with Crippen LogP contribution >= 0.6 is 0 Å². The van der Waals surface area contributed by atoms with Gasteiger partial charge in [0.2, 0.25) is 0 Å². The third-order valence-electron chi connectivity index (χ3n) is 10.1. The highest BCUT2D eigenvalue weighted by molar-refractivity contribution is 5.94. The molecule has 2 fully saturated rings. The van der Waals surface area contributed by atoms with E-state index in [2.05, 4.69) is 0 Å². The number of aliphatic hydroxyl groups is 1. The Morgan fingerprint density at radius 2 is 1.33 bits per heavy atom. The predicted octanol–water partition coefficient (Wildman–Crippen LogP) is 2.87. The second-order valence-electron chi connectivity index (χ2n) is 15.9. The second kappa shape index (κ2) is 16.2. The number of esters is 7. The number of fused-ring (bicyclic) bond motifs is 3. The van der Waals surface area contributed by atoms with E-state index in [9.17, 15) is 43.5 Å². The Kier molecular flexibility index (Phi) is 13.2. The average molecular weight is 767 g/mol. The van der Waals surface area contributed by atoms with Crippen molar-refractivity contribution in [2.75, 3.05) is 0 Å². The topological polar surface area (TPSA) is 221 Å². The lowest BCUT2D eigenvalue weighted by Gasteiger charge is -2.53. The first kappa shape index (κ1) is 44.1. The molecular formula is C38H54O16. The monoisotopic (exact) mass is 766 g/mol. The summed E-state index contributed by atoms with van der Waals surface area (Å²) in [4.78, 5) is 108. The number of carbonyl (C=O) groups is 8. The summed E-state index contributed by atoms with van der Waals surface area (Å²) >= 11 is 0. The van der Waals surface area contributed by atoms with Gasteiger partial charge in [-0.05, 0) is 6.92 Å². The van der Waals surface area contributed by atoms with Crippen molar-refractivity contribution in [1.82, 2.24) is 0 Å². The molecule has 54 heavy (non-hydrogen) atoms. The van der Waals surface area contributed by atoms with E-state index in [1.54, 1.807) is 13.8 Å². The number of ether oxygens (including phenoxy) is 7. The Hall–Kier alpha value is -4.34. The second-order valence-corrected chi connectivity index (χ2v) is 15.9. The molecule has 1 N–H and O–H groups in total. The van der Waals surface area contributed by atoms with E-state index in [0.717, 1.165) is 27.7 Å². The molecule has 1 heterocycles. The van der Waals surface area contributed by atoms with Gasteiger partial charge in [-0.25, -0.2) is 0 Å². The molecule has 3 aliphatic rings. The van der Waals surface area contributed by atoms with Gasteiger partial charge in [-0.2, -0.15) is 0 Å². The van der Waals surface area contributed by atoms with Crippen molar-refractivity contribution < 1.29 is 76.6 Å². The first-order chi connectivity index (χ1) is 24.7. The zero-order valence-electron chi connectivity index (χ0n) is 33.0. The van der Waals surface area contributed by atoms with Crippen LogP contribution in [0.3, 0.4) is 0 Å². The maximum atomic E-state index is 15.0. The van der Waals surface area contributed by atoms with E-state index in [1.165, 1.54) is 53.7 Å². The van der Waals surface area contributed by atoms with Gasteiger partial charge in [0, 0.05) is 58.3 Å². The maximum Gasteiger partial charge on any atom is 0.309 e. The standard InChI is InChI=1S/C38H54O16/c1-18(2)33(46)51-32-27(48-21(6)39)31(49-22(7)40)35(10,11)15-13-20(5)28(44)38(53-24(9)42)17-36(12,52-23(8)41)29(45)26(38)30-37(32,16-14-25(43)50-30)54-34(47)19(3)4/h13,15,18-20,26-27,29-32,45H,14,16-17H2,1-12H3/b15-13+/t20-,26+,27-,29+,30+,31+,32+,36+,37-,38+/m1/s1. The highest BCUT2D eigenvalue weighted by Gasteiger charge is 2.75. The molecule has 0 aromatic carbocycles. The van der Waals surface area contributed by atoms with Gasteiger partial charge in [-0.3, -0.25) is 38.4 Å². The van der Waals surface area contributed by atoms with Crippen LogP contribution in [0, 0.1) is 29.1 Å². The van der Waals surface area contributed by atoms with Crippen molar-refractivity contribution >= 4 is 47.6 Å². The number of Topliss-reactive ketones (excluding diaryl/α,β-unsaturated/α-hetero) is 1. The van der Waals surface area contributed by atoms with Crippen LogP contribution in [0.5, 0.6) is 0 Å². The number of hydrogen-bond acceptors (Lipinski definition) is 16. The highest BCUT2D eigenvalue weighted by Crippen LogP contribution is 2.56. The zero-order chi connectivity index (χ0) is 41.3. The Balaban J connectivity index is 2.72. The minimum Gasteiger partial charge on any atom is -0.458 e. The fourth-order valence-electron chi connectivity index (χ4n) is 7.73. The van der Waals surface area contributed by atoms with Crippen LogP contribution in [-0.4, -0.2) is 100.0 Å². The molecule has 2 aliphatic carbocycles. The van der Waals surface area contributed by atoms with E-state index in [4.69, 9.17) is 33.2 Å². The molecule has 3 rings (SSSR count). The average Bonchev–Trinajstić information content (AvgIpc) is 3.24. The van der Waals surface area contributed by atoms with Gasteiger partial charge in [0.25, 0.3) is 0 Å². The summed E-state index contributed by atoms with van der Waals surface area (Å²) in [5.74, 6) is -12.1. The van der Waals surface area contributed by atoms with Crippen molar-refractivity contribution in [2.45, 2.75) is 150 Å². The van der Waals surface area contributed by atoms with Crippen LogP contribution in [0.4, 0.5) is 0 Å². The molecule has 0 aromatic heterocycles. The lowest BCUT2D eigenvalue weighted by molar-refractivity contribution is -0.273. The van der Waals surface area contributed by atoms with Gasteiger partial charge in [-0.15, -0.1) is 0 Å². The number of rotatable bonds is 8. The van der Waals surface area contributed by atoms with Gasteiger partial charge in [0.15, 0.2) is 41.4 Å². The van der Waals surface area contributed by atoms with Crippen molar-refractivity contribution in [3.8, 4) is 0 Å². The largest absolute Gasteiger partial charge is 0.458 e. The molecule has 10 atom stereocenters. The maximum absolute atomic E-state index is 15.0. The first-order valence-electron chi connectivity index (χ1n) is 18.0. The van der Waals surface area contributed by atoms with E-state index in [-0.39, 0.29) is 0 Å². The molecule has 0 spiro atoms. The van der Waals surface area contributed by atoms with Gasteiger partial charge >= 0.3 is 41.8 Å². The highest BCUT2D eigenvalue weighted by atomic mass is 16.7. The summed E-state index contributed by atoms with van der Waals surface area (Å²) < 4.78 is 41.8. The lowest BCUT2D eigenvalue weighted by Crippen LogP contribution is -2.72. The molecule has 0 radical (unpaired) electrons. The Morgan fingerprint density at radius 1 is 0.778 bits per heavy atom. The number of allylic oxidation sites excluding steroid dienone is 1. The minimum atomic E-state index is -2.47. The fourth-order valence-corrected chi connectivity index (χ4v) is 7.73. The van der Waals surface area contributed by atoms with Crippen LogP contribution in [0.2, 0.25) is 0 Å². The smallest absolute Gasteiger partial charge is 0.309 e. The van der Waals surface area contributed by atoms with Crippen molar-refractivity contribution in [2.24, 2.45) is 29.1 Å². The van der Waals surface area contributed by atoms with Crippen LogP contribution < -0.4 is 0 Å². The Labute approximate surface area is 314 Å². The molecule has 302 valence electrons. The summed E-state index contributed by atoms with van der Waals surface area (Å²) in [7, 11) is 0. The van der Waals surface area contributed by atoms with Gasteiger partial charge in [0.05, 0.1) is 17.8 Å². The van der Waals surface area contributed by atoms with Crippen molar-refractivity contribution in [3.05, 3.63) is 12.2 Å². The SMILES string of the molecule is CC(=O)O[C@@H]1[C@H](OC(C)=O)C(C)(C)/C=C/[C@@H](C)C(=O)[C@]2(OC(C)=O)C[C@](C)(OC(C)=O)[C@@H](O)[C@H]2[C@@H]2OC(=O)CC[C@]2(OC(=O)C(C)C)[C@H]1OC(=O)C(C)C. The van der Waals surface area contributed by atoms with Crippen LogP contribution in [-0.2, 0) is 71.5 Å². The minimum absolute atomic E-state index is 0.499. The summed E-state index contributed by atoms with van der Waals surface area (Å²) in [5, 5.41) is 12.4. The van der Waals surface area contributed by atoms with E-state index in [1.807, 2.05) is 0 Å². The van der Waals surface area contributed by atoms with Crippen molar-refractivity contribution in [3.63, 3.8) is 0 Å². The molecule has 0 amide bonds. The normalized spacial score (nSPS) is 35.5. The molecule has 16 heteroatoms. The Morgan fingerprint density at radius 3 is 1.83 bits per heavy atom.